The van der Waals surface area contributed by atoms with E-state index in [2.05, 4.69) is 10.2 Å². The molecule has 1 atom stereocenters. The van der Waals surface area contributed by atoms with E-state index < -0.39 is 12.5 Å². The fourth-order valence-electron chi connectivity index (χ4n) is 1.58. The van der Waals surface area contributed by atoms with E-state index in [1.807, 2.05) is 7.05 Å². The van der Waals surface area contributed by atoms with Crippen molar-refractivity contribution in [2.24, 2.45) is 0 Å². The topological polar surface area (TPSA) is 55.8 Å². The molecule has 7 heteroatoms. The molecule has 1 aliphatic heterocycles. The first-order valence-corrected chi connectivity index (χ1v) is 5.64. The first-order valence-electron chi connectivity index (χ1n) is 5.64. The maximum Gasteiger partial charge on any atom is 0.265 e. The molecule has 0 bridgehead atoms. The van der Waals surface area contributed by atoms with Crippen LogP contribution in [0.2, 0.25) is 0 Å². The van der Waals surface area contributed by atoms with E-state index in [0.29, 0.717) is 13.1 Å². The first kappa shape index (κ1) is 14.3. The van der Waals surface area contributed by atoms with Crippen molar-refractivity contribution in [1.82, 2.24) is 15.1 Å². The molecule has 0 aromatic heterocycles. The highest BCUT2D eigenvalue weighted by molar-refractivity contribution is 5.78. The van der Waals surface area contributed by atoms with Gasteiger partial charge in [-0.25, -0.2) is 8.78 Å². The van der Waals surface area contributed by atoms with Crippen LogP contribution < -0.4 is 5.32 Å². The third-order valence-corrected chi connectivity index (χ3v) is 2.78. The fourth-order valence-corrected chi connectivity index (χ4v) is 1.58. The number of amides is 1. The number of aliphatic hydroxyl groups excluding tert-OH is 1. The molecular weight excluding hydrogens is 232 g/mol. The Labute approximate surface area is 99.4 Å². The molecule has 17 heavy (non-hydrogen) atoms. The number of likely N-dealkylation sites (N-methyl/N-ethyl adjacent to an activating group) is 1. The Hall–Kier alpha value is -0.790. The zero-order chi connectivity index (χ0) is 12.8. The molecule has 1 aliphatic rings. The summed E-state index contributed by atoms with van der Waals surface area (Å²) in [5.74, 6) is -0.112. The van der Waals surface area contributed by atoms with Crippen LogP contribution in [0.4, 0.5) is 8.78 Å². The van der Waals surface area contributed by atoms with Gasteiger partial charge in [0.15, 0.2) is 0 Å². The van der Waals surface area contributed by atoms with Crippen LogP contribution >= 0.6 is 0 Å². The number of alkyl halides is 2. The average molecular weight is 251 g/mol. The number of nitrogens with one attached hydrogen (secondary N) is 1. The van der Waals surface area contributed by atoms with Gasteiger partial charge in [-0.3, -0.25) is 4.79 Å². The molecular formula is C10H19F2N3O2. The summed E-state index contributed by atoms with van der Waals surface area (Å²) < 4.78 is 23.9. The van der Waals surface area contributed by atoms with Gasteiger partial charge in [0.25, 0.3) is 6.43 Å². The van der Waals surface area contributed by atoms with Crippen molar-refractivity contribution in [2.45, 2.75) is 12.5 Å². The van der Waals surface area contributed by atoms with E-state index in [1.54, 1.807) is 4.90 Å². The van der Waals surface area contributed by atoms with Gasteiger partial charge in [-0.05, 0) is 7.05 Å². The molecule has 1 fully saturated rings. The van der Waals surface area contributed by atoms with Crippen molar-refractivity contribution >= 4 is 5.91 Å². The van der Waals surface area contributed by atoms with Gasteiger partial charge in [0.2, 0.25) is 5.91 Å². The van der Waals surface area contributed by atoms with Crippen LogP contribution in [0.3, 0.4) is 0 Å². The zero-order valence-electron chi connectivity index (χ0n) is 9.90. The molecule has 1 unspecified atom stereocenters. The Kier molecular flexibility index (Phi) is 5.73. The Morgan fingerprint density at radius 2 is 1.94 bits per heavy atom. The standard InChI is InChI=1S/C10H19F2N3O2/c1-14-2-4-15(5-3-14)9(17)7-13-6-8(16)10(11)12/h8,10,13,16H,2-7H2,1H3. The number of rotatable bonds is 5. The lowest BCUT2D eigenvalue weighted by Crippen LogP contribution is -2.50. The predicted molar refractivity (Wildman–Crippen MR) is 59.0 cm³/mol. The Morgan fingerprint density at radius 1 is 1.35 bits per heavy atom. The van der Waals surface area contributed by atoms with E-state index >= 15 is 0 Å². The Morgan fingerprint density at radius 3 is 2.47 bits per heavy atom. The highest BCUT2D eigenvalue weighted by Crippen LogP contribution is 2.00. The summed E-state index contributed by atoms with van der Waals surface area (Å²) >= 11 is 0. The van der Waals surface area contributed by atoms with E-state index in [0.717, 1.165) is 13.1 Å². The number of hydrogen-bond acceptors (Lipinski definition) is 4. The second kappa shape index (κ2) is 6.83. The predicted octanol–water partition coefficient (Wildman–Crippen LogP) is -1.02. The molecule has 1 heterocycles. The lowest BCUT2D eigenvalue weighted by Gasteiger charge is -2.32. The molecule has 5 nitrogen and oxygen atoms in total. The molecule has 0 spiro atoms. The molecule has 0 aromatic rings. The maximum absolute atomic E-state index is 12.0. The summed E-state index contributed by atoms with van der Waals surface area (Å²) in [6.07, 6.45) is -4.49. The summed E-state index contributed by atoms with van der Waals surface area (Å²) in [5, 5.41) is 11.4. The van der Waals surface area contributed by atoms with E-state index in [-0.39, 0.29) is 19.0 Å². The summed E-state index contributed by atoms with van der Waals surface area (Å²) in [6, 6.07) is 0. The minimum Gasteiger partial charge on any atom is -0.386 e. The van der Waals surface area contributed by atoms with E-state index in [4.69, 9.17) is 5.11 Å². The molecule has 0 radical (unpaired) electrons. The third-order valence-electron chi connectivity index (χ3n) is 2.78. The second-order valence-corrected chi connectivity index (χ2v) is 4.22. The van der Waals surface area contributed by atoms with Gasteiger partial charge < -0.3 is 20.2 Å². The molecule has 0 aliphatic carbocycles. The van der Waals surface area contributed by atoms with Crippen molar-refractivity contribution in [3.63, 3.8) is 0 Å². The van der Waals surface area contributed by atoms with Crippen LogP contribution in [-0.4, -0.2) is 79.7 Å². The van der Waals surface area contributed by atoms with Crippen molar-refractivity contribution in [2.75, 3.05) is 46.3 Å². The lowest BCUT2D eigenvalue weighted by atomic mass is 10.3. The van der Waals surface area contributed by atoms with Crippen LogP contribution in [0, 0.1) is 0 Å². The molecule has 1 rings (SSSR count). The average Bonchev–Trinajstić information content (AvgIpc) is 2.29. The summed E-state index contributed by atoms with van der Waals surface area (Å²) in [7, 11) is 1.99. The highest BCUT2D eigenvalue weighted by atomic mass is 19.3. The van der Waals surface area contributed by atoms with E-state index in [1.165, 1.54) is 0 Å². The van der Waals surface area contributed by atoms with Gasteiger partial charge in [-0.1, -0.05) is 0 Å². The monoisotopic (exact) mass is 251 g/mol. The summed E-state index contributed by atoms with van der Waals surface area (Å²) in [4.78, 5) is 15.5. The molecule has 1 amide bonds. The van der Waals surface area contributed by atoms with Crippen LogP contribution in [-0.2, 0) is 4.79 Å². The molecule has 100 valence electrons. The van der Waals surface area contributed by atoms with Crippen LogP contribution in [0.1, 0.15) is 0 Å². The maximum atomic E-state index is 12.0. The summed E-state index contributed by atoms with van der Waals surface area (Å²) in [5.41, 5.74) is 0. The molecule has 0 saturated carbocycles. The minimum atomic E-state index is -2.78. The number of nitrogens with zero attached hydrogens (tertiary/aromatic N) is 2. The molecule has 0 aromatic carbocycles. The first-order chi connectivity index (χ1) is 8.00. The number of carbonyl (C=O) groups is 1. The largest absolute Gasteiger partial charge is 0.386 e. The Bertz CT molecular complexity index is 246. The fraction of sp³-hybridized carbons (Fsp3) is 0.900. The van der Waals surface area contributed by atoms with Gasteiger partial charge in [-0.2, -0.15) is 0 Å². The lowest BCUT2D eigenvalue weighted by molar-refractivity contribution is -0.131. The van der Waals surface area contributed by atoms with Crippen molar-refractivity contribution < 1.29 is 18.7 Å². The van der Waals surface area contributed by atoms with Gasteiger partial charge in [0.1, 0.15) is 6.10 Å². The third kappa shape index (κ3) is 4.93. The smallest absolute Gasteiger partial charge is 0.265 e. The van der Waals surface area contributed by atoms with Gasteiger partial charge >= 0.3 is 0 Å². The SMILES string of the molecule is CN1CCN(C(=O)CNCC(O)C(F)F)CC1. The van der Waals surface area contributed by atoms with Crippen LogP contribution in [0.25, 0.3) is 0 Å². The minimum absolute atomic E-state index is 0.00645. The number of hydrogen-bond donors (Lipinski definition) is 2. The molecule has 1 saturated heterocycles. The Balaban J connectivity index is 2.17. The van der Waals surface area contributed by atoms with Crippen molar-refractivity contribution in [3.8, 4) is 0 Å². The number of aliphatic hydroxyl groups is 1. The zero-order valence-corrected chi connectivity index (χ0v) is 9.90. The number of halogens is 2. The number of piperazine rings is 1. The van der Waals surface area contributed by atoms with Gasteiger partial charge in [0, 0.05) is 32.7 Å². The quantitative estimate of drug-likeness (QED) is 0.656. The molecule has 2 N–H and O–H groups in total. The second-order valence-electron chi connectivity index (χ2n) is 4.22. The summed E-state index contributed by atoms with van der Waals surface area (Å²) in [6.45, 7) is 2.70. The van der Waals surface area contributed by atoms with Crippen molar-refractivity contribution in [3.05, 3.63) is 0 Å². The van der Waals surface area contributed by atoms with Crippen LogP contribution in [0.15, 0.2) is 0 Å². The highest BCUT2D eigenvalue weighted by Gasteiger charge is 2.20. The van der Waals surface area contributed by atoms with Gasteiger partial charge in [0.05, 0.1) is 6.54 Å². The van der Waals surface area contributed by atoms with E-state index in [9.17, 15) is 13.6 Å². The number of carbonyl (C=O) groups excluding carboxylic acids is 1. The van der Waals surface area contributed by atoms with Crippen molar-refractivity contribution in [1.29, 1.82) is 0 Å². The van der Waals surface area contributed by atoms with Crippen LogP contribution in [0.5, 0.6) is 0 Å². The normalized spacial score (nSPS) is 19.7. The van der Waals surface area contributed by atoms with Gasteiger partial charge in [-0.15, -0.1) is 0 Å².